The lowest BCUT2D eigenvalue weighted by molar-refractivity contribution is 0.0600. The van der Waals surface area contributed by atoms with Crippen molar-refractivity contribution in [1.29, 1.82) is 0 Å². The number of carbonyl (C=O) groups excluding carboxylic acids is 2. The summed E-state index contributed by atoms with van der Waals surface area (Å²) < 4.78 is 4.67. The molecule has 126 valence electrons. The van der Waals surface area contributed by atoms with Crippen molar-refractivity contribution in [2.75, 3.05) is 18.7 Å². The summed E-state index contributed by atoms with van der Waals surface area (Å²) in [7, 11) is 1.31. The zero-order valence-electron chi connectivity index (χ0n) is 13.1. The molecule has 24 heavy (non-hydrogen) atoms. The first-order chi connectivity index (χ1) is 11.5. The Bertz CT molecular complexity index is 775. The normalized spacial score (nSPS) is 10.5. The molecule has 0 unspecified atom stereocenters. The van der Waals surface area contributed by atoms with Crippen LogP contribution in [0.5, 0.6) is 0 Å². The van der Waals surface area contributed by atoms with Gasteiger partial charge in [-0.15, -0.1) is 11.6 Å². The van der Waals surface area contributed by atoms with Crippen LogP contribution in [0.1, 0.15) is 33.6 Å². The Morgan fingerprint density at radius 2 is 1.75 bits per heavy atom. The molecule has 0 aromatic heterocycles. The fraction of sp³-hybridized carbons (Fsp3) is 0.222. The molecule has 2 aromatic carbocycles. The summed E-state index contributed by atoms with van der Waals surface area (Å²) in [5.41, 5.74) is 8.72. The van der Waals surface area contributed by atoms with Crippen molar-refractivity contribution < 1.29 is 14.3 Å². The Kier molecular flexibility index (Phi) is 6.23. The Hall–Kier alpha value is -2.04. The molecule has 0 saturated carbocycles. The molecule has 0 fully saturated rings. The molecule has 2 rings (SSSR count). The Labute approximate surface area is 150 Å². The molecule has 0 spiro atoms. The molecule has 0 bridgehead atoms. The second-order valence-corrected chi connectivity index (χ2v) is 5.99. The van der Waals surface area contributed by atoms with Gasteiger partial charge in [0.1, 0.15) is 0 Å². The quantitative estimate of drug-likeness (QED) is 0.352. The first kappa shape index (κ1) is 18.3. The Morgan fingerprint density at radius 3 is 2.33 bits per heavy atom. The number of nitrogens with two attached hydrogens (primary N) is 1. The molecule has 0 radical (unpaired) electrons. The number of rotatable bonds is 6. The van der Waals surface area contributed by atoms with Crippen LogP contribution in [0.2, 0.25) is 5.02 Å². The lowest BCUT2D eigenvalue weighted by atomic mass is 9.98. The van der Waals surface area contributed by atoms with E-state index in [1.807, 2.05) is 0 Å². The largest absolute Gasteiger partial charge is 0.465 e. The number of benzene rings is 2. The van der Waals surface area contributed by atoms with Gasteiger partial charge in [-0.05, 0) is 24.6 Å². The van der Waals surface area contributed by atoms with E-state index in [0.29, 0.717) is 51.7 Å². The van der Waals surface area contributed by atoms with E-state index in [2.05, 4.69) is 4.74 Å². The summed E-state index contributed by atoms with van der Waals surface area (Å²) in [6, 6.07) is 9.95. The zero-order valence-corrected chi connectivity index (χ0v) is 14.7. The maximum Gasteiger partial charge on any atom is 0.337 e. The van der Waals surface area contributed by atoms with E-state index in [-0.39, 0.29) is 5.78 Å². The van der Waals surface area contributed by atoms with Gasteiger partial charge in [0, 0.05) is 39.7 Å². The maximum absolute atomic E-state index is 12.0. The van der Waals surface area contributed by atoms with Crippen molar-refractivity contribution in [2.45, 2.75) is 12.8 Å². The average molecular weight is 366 g/mol. The van der Waals surface area contributed by atoms with Crippen molar-refractivity contribution >= 4 is 40.6 Å². The van der Waals surface area contributed by atoms with E-state index in [1.165, 1.54) is 13.2 Å². The number of hydrogen-bond acceptors (Lipinski definition) is 4. The summed E-state index contributed by atoms with van der Waals surface area (Å²) in [5.74, 6) is -0.0154. The highest BCUT2D eigenvalue weighted by Gasteiger charge is 2.13. The number of Topliss-reactive ketones (excluding diaryl/α,β-unsaturated/α-hetero) is 1. The summed E-state index contributed by atoms with van der Waals surface area (Å²) in [6.07, 6.45) is 1.01. The van der Waals surface area contributed by atoms with Gasteiger partial charge in [0.05, 0.1) is 12.7 Å². The molecule has 0 saturated heterocycles. The smallest absolute Gasteiger partial charge is 0.337 e. The van der Waals surface area contributed by atoms with E-state index >= 15 is 0 Å². The minimum Gasteiger partial charge on any atom is -0.465 e. The molecule has 4 nitrogen and oxygen atoms in total. The highest BCUT2D eigenvalue weighted by molar-refractivity contribution is 6.34. The van der Waals surface area contributed by atoms with Crippen LogP contribution in [0.15, 0.2) is 36.4 Å². The lowest BCUT2D eigenvalue weighted by Gasteiger charge is -2.11. The fourth-order valence-corrected chi connectivity index (χ4v) is 2.75. The molecule has 2 aromatic rings. The minimum absolute atomic E-state index is 0.00175. The maximum atomic E-state index is 12.0. The first-order valence-electron chi connectivity index (χ1n) is 7.35. The summed E-state index contributed by atoms with van der Waals surface area (Å²) in [4.78, 5) is 23.6. The predicted molar refractivity (Wildman–Crippen MR) is 96.9 cm³/mol. The number of alkyl halides is 1. The van der Waals surface area contributed by atoms with Crippen LogP contribution in [0, 0.1) is 0 Å². The van der Waals surface area contributed by atoms with Crippen LogP contribution >= 0.6 is 23.2 Å². The Morgan fingerprint density at radius 1 is 1.08 bits per heavy atom. The van der Waals surface area contributed by atoms with Gasteiger partial charge in [0.25, 0.3) is 0 Å². The van der Waals surface area contributed by atoms with Crippen LogP contribution < -0.4 is 5.73 Å². The van der Waals surface area contributed by atoms with Gasteiger partial charge >= 0.3 is 5.97 Å². The second-order valence-electron chi connectivity index (χ2n) is 5.20. The third kappa shape index (κ3) is 4.08. The molecule has 0 amide bonds. The number of ketones is 1. The molecule has 0 aliphatic carbocycles. The molecule has 0 aliphatic heterocycles. The summed E-state index contributed by atoms with van der Waals surface area (Å²) >= 11 is 11.9. The van der Waals surface area contributed by atoms with Crippen LogP contribution in [-0.4, -0.2) is 24.7 Å². The van der Waals surface area contributed by atoms with Gasteiger partial charge in [0.15, 0.2) is 5.78 Å². The summed E-state index contributed by atoms with van der Waals surface area (Å²) in [5, 5.41) is 0.421. The van der Waals surface area contributed by atoms with E-state index in [0.717, 1.165) is 0 Å². The number of nitrogen functional groups attached to an aromatic ring is 1. The van der Waals surface area contributed by atoms with Crippen molar-refractivity contribution in [3.63, 3.8) is 0 Å². The van der Waals surface area contributed by atoms with Crippen LogP contribution in [0.3, 0.4) is 0 Å². The van der Waals surface area contributed by atoms with Crippen molar-refractivity contribution in [1.82, 2.24) is 0 Å². The number of methoxy groups -OCH3 is 1. The number of hydrogen-bond donors (Lipinski definition) is 1. The van der Waals surface area contributed by atoms with Crippen molar-refractivity contribution in [3.8, 4) is 11.1 Å². The molecule has 0 aliphatic rings. The number of ether oxygens (including phenoxy) is 1. The molecular formula is C18H17Cl2NO3. The van der Waals surface area contributed by atoms with Crippen LogP contribution in [-0.2, 0) is 4.74 Å². The third-order valence-corrected chi connectivity index (χ3v) is 4.17. The second kappa shape index (κ2) is 8.18. The highest BCUT2D eigenvalue weighted by atomic mass is 35.5. The van der Waals surface area contributed by atoms with E-state index in [4.69, 9.17) is 28.9 Å². The van der Waals surface area contributed by atoms with Crippen molar-refractivity contribution in [2.24, 2.45) is 0 Å². The highest BCUT2D eigenvalue weighted by Crippen LogP contribution is 2.33. The van der Waals surface area contributed by atoms with E-state index in [9.17, 15) is 9.59 Å². The first-order valence-corrected chi connectivity index (χ1v) is 8.26. The molecule has 0 heterocycles. The van der Waals surface area contributed by atoms with E-state index < -0.39 is 5.97 Å². The van der Waals surface area contributed by atoms with Gasteiger partial charge in [-0.3, -0.25) is 4.79 Å². The zero-order chi connectivity index (χ0) is 17.7. The minimum atomic E-state index is -0.459. The number of halogens is 2. The number of carbonyl (C=O) groups is 2. The summed E-state index contributed by atoms with van der Waals surface area (Å²) in [6.45, 7) is 0. The van der Waals surface area contributed by atoms with E-state index in [1.54, 1.807) is 30.3 Å². The predicted octanol–water partition coefficient (Wildman–Crippen LogP) is 4.58. The monoisotopic (exact) mass is 365 g/mol. The number of esters is 1. The van der Waals surface area contributed by atoms with Crippen LogP contribution in [0.25, 0.3) is 11.1 Å². The van der Waals surface area contributed by atoms with Gasteiger partial charge in [-0.1, -0.05) is 29.8 Å². The molecule has 2 N–H and O–H groups in total. The topological polar surface area (TPSA) is 69.4 Å². The number of anilines is 1. The van der Waals surface area contributed by atoms with Gasteiger partial charge in [-0.25, -0.2) is 4.79 Å². The van der Waals surface area contributed by atoms with Gasteiger partial charge in [-0.2, -0.15) is 0 Å². The van der Waals surface area contributed by atoms with Gasteiger partial charge in [0.2, 0.25) is 0 Å². The third-order valence-electron chi connectivity index (χ3n) is 3.59. The molecule has 6 heteroatoms. The van der Waals surface area contributed by atoms with Gasteiger partial charge < -0.3 is 10.5 Å². The molecular weight excluding hydrogens is 349 g/mol. The lowest BCUT2D eigenvalue weighted by Crippen LogP contribution is -2.03. The van der Waals surface area contributed by atoms with Crippen molar-refractivity contribution in [3.05, 3.63) is 52.5 Å². The molecule has 0 atom stereocenters. The Balaban J connectivity index is 2.33. The van der Waals surface area contributed by atoms with Crippen LogP contribution in [0.4, 0.5) is 5.69 Å². The fourth-order valence-electron chi connectivity index (χ4n) is 2.33. The SMILES string of the molecule is COC(=O)c1ccc(-c2ccc(C(=O)CCCCl)cc2Cl)c(N)c1. The average Bonchev–Trinajstić information content (AvgIpc) is 2.59. The standard InChI is InChI=1S/C18H17Cl2NO3/c1-24-18(23)12-5-7-14(16(21)10-12)13-6-4-11(9-15(13)20)17(22)3-2-8-19/h4-7,9-10H,2-3,8,21H2,1H3.